The van der Waals surface area contributed by atoms with Crippen molar-refractivity contribution in [3.8, 4) is 6.07 Å². The Bertz CT molecular complexity index is 1370. The van der Waals surface area contributed by atoms with Crippen molar-refractivity contribution in [2.24, 2.45) is 0 Å². The number of carbonyl (C=O) groups is 3. The minimum absolute atomic E-state index is 0.0534. The fourth-order valence-electron chi connectivity index (χ4n) is 7.10. The molecule has 4 heterocycles. The lowest BCUT2D eigenvalue weighted by Gasteiger charge is -2.39. The van der Waals surface area contributed by atoms with Crippen molar-refractivity contribution in [2.75, 3.05) is 19.6 Å². The van der Waals surface area contributed by atoms with E-state index in [1.165, 1.54) is 5.69 Å². The van der Waals surface area contributed by atoms with Crippen LogP contribution in [-0.2, 0) is 27.3 Å². The van der Waals surface area contributed by atoms with Crippen LogP contribution in [0.3, 0.4) is 0 Å². The Morgan fingerprint density at radius 3 is 2.31 bits per heavy atom. The minimum atomic E-state index is -0.635. The molecule has 9 heteroatoms. The van der Waals surface area contributed by atoms with Gasteiger partial charge < -0.3 is 19.1 Å². The second-order valence-corrected chi connectivity index (χ2v) is 13.0. The molecule has 3 amide bonds. The van der Waals surface area contributed by atoms with Crippen LogP contribution in [-0.4, -0.2) is 80.5 Å². The number of nitriles is 1. The number of aryl methyl sites for hydroxylation is 2. The number of carbonyl (C=O) groups excluding carboxylic acids is 3. The molecule has 0 bridgehead atoms. The van der Waals surface area contributed by atoms with Crippen molar-refractivity contribution < 1.29 is 19.1 Å². The van der Waals surface area contributed by atoms with E-state index in [2.05, 4.69) is 23.6 Å². The molecule has 3 aliphatic rings. The second kappa shape index (κ2) is 12.4. The number of piperidine rings is 1. The minimum Gasteiger partial charge on any atom is -0.444 e. The van der Waals surface area contributed by atoms with Crippen LogP contribution >= 0.6 is 0 Å². The summed E-state index contributed by atoms with van der Waals surface area (Å²) in [6.07, 6.45) is 6.97. The van der Waals surface area contributed by atoms with E-state index in [1.807, 2.05) is 43.9 Å². The Hall–Kier alpha value is -3.54. The highest BCUT2D eigenvalue weighted by Crippen LogP contribution is 2.31. The molecule has 0 N–H and O–H groups in total. The molecule has 3 saturated heterocycles. The van der Waals surface area contributed by atoms with E-state index in [9.17, 15) is 19.6 Å². The molecule has 1 aromatic heterocycles. The van der Waals surface area contributed by atoms with Gasteiger partial charge in [-0.25, -0.2) is 4.79 Å². The van der Waals surface area contributed by atoms with E-state index in [1.54, 1.807) is 9.80 Å². The van der Waals surface area contributed by atoms with Crippen molar-refractivity contribution in [1.82, 2.24) is 19.3 Å². The summed E-state index contributed by atoms with van der Waals surface area (Å²) in [4.78, 5) is 46.2. The van der Waals surface area contributed by atoms with Gasteiger partial charge in [-0.2, -0.15) is 5.26 Å². The Morgan fingerprint density at radius 1 is 0.905 bits per heavy atom. The maximum absolute atomic E-state index is 14.0. The second-order valence-electron chi connectivity index (χ2n) is 13.0. The molecule has 0 radical (unpaired) electrons. The number of rotatable bonds is 6. The highest BCUT2D eigenvalue weighted by Gasteiger charge is 2.44. The van der Waals surface area contributed by atoms with Crippen LogP contribution in [0.2, 0.25) is 0 Å². The molecule has 5 rings (SSSR count). The summed E-state index contributed by atoms with van der Waals surface area (Å²) >= 11 is 0. The standard InChI is InChI=1S/C33H45N5O4/c1-5-35-26(21-24-14-13-23(22-34)20-29(24)35)16-15-25-10-8-18-36(25)30(39)27-12-9-19-37(27)31(40)28-11-6-7-17-38(28)32(41)42-33(2,3)4/h13-14,20-21,25,27-28H,5-12,15-19H2,1-4H3/t25-,27+,28?/m0/s1. The molecular formula is C33H45N5O4. The number of hydrogen-bond acceptors (Lipinski definition) is 5. The van der Waals surface area contributed by atoms with Gasteiger partial charge in [-0.1, -0.05) is 6.07 Å². The highest BCUT2D eigenvalue weighted by atomic mass is 16.6. The van der Waals surface area contributed by atoms with Gasteiger partial charge in [0.15, 0.2) is 0 Å². The van der Waals surface area contributed by atoms with E-state index in [4.69, 9.17) is 4.74 Å². The summed E-state index contributed by atoms with van der Waals surface area (Å²) in [7, 11) is 0. The predicted octanol–water partition coefficient (Wildman–Crippen LogP) is 5.24. The molecule has 0 aliphatic carbocycles. The smallest absolute Gasteiger partial charge is 0.410 e. The first-order chi connectivity index (χ1) is 20.1. The SMILES string of the molecule is CCn1c(CC[C@@H]2CCCN2C(=O)[C@H]2CCCN2C(=O)C2CCCCN2C(=O)OC(C)(C)C)cc2ccc(C#N)cc21. The van der Waals surface area contributed by atoms with Crippen LogP contribution in [0.15, 0.2) is 24.3 Å². The molecule has 9 nitrogen and oxygen atoms in total. The number of benzene rings is 1. The van der Waals surface area contributed by atoms with Crippen LogP contribution in [0.5, 0.6) is 0 Å². The number of amides is 3. The van der Waals surface area contributed by atoms with Crippen molar-refractivity contribution in [1.29, 1.82) is 5.26 Å². The maximum atomic E-state index is 14.0. The van der Waals surface area contributed by atoms with Crippen LogP contribution in [0.4, 0.5) is 4.79 Å². The number of nitrogens with zero attached hydrogens (tertiary/aromatic N) is 5. The third kappa shape index (κ3) is 6.13. The van der Waals surface area contributed by atoms with Crippen LogP contribution in [0.1, 0.15) is 90.3 Å². The van der Waals surface area contributed by atoms with Gasteiger partial charge in [0.1, 0.15) is 17.7 Å². The lowest BCUT2D eigenvalue weighted by Crippen LogP contribution is -2.57. The Morgan fingerprint density at radius 2 is 1.57 bits per heavy atom. The molecule has 0 saturated carbocycles. The van der Waals surface area contributed by atoms with Crippen molar-refractivity contribution in [3.05, 3.63) is 35.5 Å². The van der Waals surface area contributed by atoms with Gasteiger partial charge in [0, 0.05) is 43.4 Å². The number of fused-ring (bicyclic) bond motifs is 1. The summed E-state index contributed by atoms with van der Waals surface area (Å²) in [5.41, 5.74) is 2.32. The third-order valence-electron chi connectivity index (χ3n) is 9.07. The number of hydrogen-bond donors (Lipinski definition) is 0. The van der Waals surface area contributed by atoms with E-state index in [0.29, 0.717) is 31.5 Å². The lowest BCUT2D eigenvalue weighted by molar-refractivity contribution is -0.147. The Kier molecular flexibility index (Phi) is 8.81. The third-order valence-corrected chi connectivity index (χ3v) is 9.07. The fourth-order valence-corrected chi connectivity index (χ4v) is 7.10. The first-order valence-electron chi connectivity index (χ1n) is 15.7. The monoisotopic (exact) mass is 575 g/mol. The summed E-state index contributed by atoms with van der Waals surface area (Å²) in [5, 5.41) is 10.5. The average Bonchev–Trinajstić information content (AvgIpc) is 3.72. The first kappa shape index (κ1) is 29.9. The van der Waals surface area contributed by atoms with Gasteiger partial charge in [-0.15, -0.1) is 0 Å². The van der Waals surface area contributed by atoms with Crippen LogP contribution in [0.25, 0.3) is 10.9 Å². The molecule has 42 heavy (non-hydrogen) atoms. The van der Waals surface area contributed by atoms with E-state index in [0.717, 1.165) is 68.9 Å². The summed E-state index contributed by atoms with van der Waals surface area (Å²) < 4.78 is 7.90. The molecule has 226 valence electrons. The molecule has 3 atom stereocenters. The van der Waals surface area contributed by atoms with Gasteiger partial charge in [0.05, 0.1) is 11.6 Å². The zero-order valence-corrected chi connectivity index (χ0v) is 25.6. The van der Waals surface area contributed by atoms with Gasteiger partial charge in [0.2, 0.25) is 11.8 Å². The molecule has 0 spiro atoms. The van der Waals surface area contributed by atoms with Crippen molar-refractivity contribution in [2.45, 2.75) is 116 Å². The van der Waals surface area contributed by atoms with Crippen molar-refractivity contribution in [3.63, 3.8) is 0 Å². The molecular weight excluding hydrogens is 530 g/mol. The normalized spacial score (nSPS) is 22.9. The first-order valence-corrected chi connectivity index (χ1v) is 15.7. The van der Waals surface area contributed by atoms with E-state index >= 15 is 0 Å². The zero-order chi connectivity index (χ0) is 30.0. The largest absolute Gasteiger partial charge is 0.444 e. The predicted molar refractivity (Wildman–Crippen MR) is 161 cm³/mol. The quantitative estimate of drug-likeness (QED) is 0.469. The Labute approximate surface area is 249 Å². The van der Waals surface area contributed by atoms with E-state index in [-0.39, 0.29) is 17.9 Å². The topological polar surface area (TPSA) is 98.9 Å². The summed E-state index contributed by atoms with van der Waals surface area (Å²) in [5.74, 6) is -0.0611. The number of ether oxygens (including phenoxy) is 1. The zero-order valence-electron chi connectivity index (χ0n) is 25.6. The van der Waals surface area contributed by atoms with Gasteiger partial charge in [-0.3, -0.25) is 14.5 Å². The molecule has 3 aliphatic heterocycles. The van der Waals surface area contributed by atoms with Crippen LogP contribution in [0, 0.1) is 11.3 Å². The summed E-state index contributed by atoms with van der Waals surface area (Å²) in [6, 6.07) is 9.37. The van der Waals surface area contributed by atoms with Gasteiger partial charge >= 0.3 is 6.09 Å². The summed E-state index contributed by atoms with van der Waals surface area (Å²) in [6.45, 7) is 10.2. The van der Waals surface area contributed by atoms with Gasteiger partial charge in [-0.05, 0) is 109 Å². The van der Waals surface area contributed by atoms with Crippen molar-refractivity contribution >= 4 is 28.8 Å². The number of likely N-dealkylation sites (tertiary alicyclic amines) is 3. The van der Waals surface area contributed by atoms with E-state index < -0.39 is 23.8 Å². The lowest BCUT2D eigenvalue weighted by atomic mass is 10.0. The molecule has 2 aromatic rings. The van der Waals surface area contributed by atoms with Gasteiger partial charge in [0.25, 0.3) is 0 Å². The van der Waals surface area contributed by atoms with Crippen LogP contribution < -0.4 is 0 Å². The molecule has 1 aromatic carbocycles. The maximum Gasteiger partial charge on any atom is 0.410 e. The molecule has 3 fully saturated rings. The Balaban J connectivity index is 1.27. The number of aromatic nitrogens is 1. The fraction of sp³-hybridized carbons (Fsp3) is 0.636. The molecule has 1 unspecified atom stereocenters. The average molecular weight is 576 g/mol. The highest BCUT2D eigenvalue weighted by molar-refractivity contribution is 5.92.